The predicted molar refractivity (Wildman–Crippen MR) is 266 cm³/mol. The molecule has 4 heteroatoms. The van der Waals surface area contributed by atoms with Gasteiger partial charge in [0.1, 0.15) is 16.2 Å². The number of furan rings is 1. The van der Waals surface area contributed by atoms with E-state index in [4.69, 9.17) is 9.40 Å². The van der Waals surface area contributed by atoms with Gasteiger partial charge in [-0.15, -0.1) is 11.3 Å². The summed E-state index contributed by atoms with van der Waals surface area (Å²) >= 11 is 1.70. The molecule has 63 heavy (non-hydrogen) atoms. The highest BCUT2D eigenvalue weighted by Gasteiger charge is 2.19. The summed E-state index contributed by atoms with van der Waals surface area (Å²) in [5, 5.41) is 5.65. The molecule has 0 atom stereocenters. The van der Waals surface area contributed by atoms with E-state index in [0.29, 0.717) is 0 Å². The molecule has 2 heterocycles. The number of rotatable bonds is 8. The van der Waals surface area contributed by atoms with E-state index in [-0.39, 0.29) is 0 Å². The highest BCUT2D eigenvalue weighted by atomic mass is 32.1. The molecule has 0 aliphatic carbocycles. The number of hydrogen-bond donors (Lipinski definition) is 0. The Kier molecular flexibility index (Phi) is 9.02. The molecule has 0 amide bonds. The number of hydrogen-bond acceptors (Lipinski definition) is 4. The van der Waals surface area contributed by atoms with Crippen molar-refractivity contribution in [3.05, 3.63) is 231 Å². The second kappa shape index (κ2) is 15.4. The molecule has 0 bridgehead atoms. The van der Waals surface area contributed by atoms with Crippen LogP contribution in [0, 0.1) is 0 Å². The Labute approximate surface area is 369 Å². The number of anilines is 3. The number of aromatic nitrogens is 1. The van der Waals surface area contributed by atoms with Crippen LogP contribution in [0.3, 0.4) is 0 Å². The summed E-state index contributed by atoms with van der Waals surface area (Å²) < 4.78 is 7.54. The molecule has 0 saturated heterocycles. The summed E-state index contributed by atoms with van der Waals surface area (Å²) in [7, 11) is 0. The normalized spacial score (nSPS) is 11.5. The van der Waals surface area contributed by atoms with Gasteiger partial charge < -0.3 is 9.32 Å². The van der Waals surface area contributed by atoms with E-state index in [9.17, 15) is 0 Å². The highest BCUT2D eigenvalue weighted by Crippen LogP contribution is 2.44. The Morgan fingerprint density at radius 2 is 0.921 bits per heavy atom. The largest absolute Gasteiger partial charge is 0.456 e. The van der Waals surface area contributed by atoms with E-state index in [2.05, 4.69) is 229 Å². The number of benzene rings is 10. The Morgan fingerprint density at radius 3 is 1.65 bits per heavy atom. The van der Waals surface area contributed by atoms with Crippen LogP contribution < -0.4 is 4.90 Å². The lowest BCUT2D eigenvalue weighted by Crippen LogP contribution is -2.10. The van der Waals surface area contributed by atoms with Crippen LogP contribution in [0.5, 0.6) is 0 Å². The minimum Gasteiger partial charge on any atom is -0.456 e. The van der Waals surface area contributed by atoms with Gasteiger partial charge in [0.2, 0.25) is 0 Å². The summed E-state index contributed by atoms with van der Waals surface area (Å²) in [6, 6.07) is 82.6. The number of thiazole rings is 1. The molecule has 2 aromatic heterocycles. The maximum absolute atomic E-state index is 6.42. The van der Waals surface area contributed by atoms with Crippen molar-refractivity contribution in [2.24, 2.45) is 0 Å². The van der Waals surface area contributed by atoms with Crippen molar-refractivity contribution in [2.75, 3.05) is 4.90 Å². The van der Waals surface area contributed by atoms with Gasteiger partial charge in [0, 0.05) is 39.5 Å². The second-order valence-electron chi connectivity index (χ2n) is 15.9. The average Bonchev–Trinajstić information content (AvgIpc) is 3.94. The fourth-order valence-electron chi connectivity index (χ4n) is 8.99. The van der Waals surface area contributed by atoms with Crippen molar-refractivity contribution >= 4 is 71.3 Å². The van der Waals surface area contributed by atoms with Gasteiger partial charge in [0.25, 0.3) is 0 Å². The molecular weight excluding hydrogens is 785 g/mol. The van der Waals surface area contributed by atoms with Gasteiger partial charge in [0.05, 0.1) is 10.2 Å². The third-order valence-electron chi connectivity index (χ3n) is 12.1. The molecule has 10 aromatic carbocycles. The molecule has 12 rings (SSSR count). The Morgan fingerprint density at radius 1 is 0.349 bits per heavy atom. The summed E-state index contributed by atoms with van der Waals surface area (Å²) in [5.41, 5.74) is 16.5. The van der Waals surface area contributed by atoms with Gasteiger partial charge in [-0.2, -0.15) is 0 Å². The molecule has 0 radical (unpaired) electrons. The monoisotopic (exact) mass is 822 g/mol. The Balaban J connectivity index is 0.958. The summed E-state index contributed by atoms with van der Waals surface area (Å²) in [4.78, 5) is 7.39. The maximum atomic E-state index is 6.42. The van der Waals surface area contributed by atoms with Gasteiger partial charge in [-0.3, -0.25) is 0 Å². The van der Waals surface area contributed by atoms with Crippen LogP contribution in [0.25, 0.3) is 98.0 Å². The van der Waals surface area contributed by atoms with Crippen molar-refractivity contribution in [1.82, 2.24) is 4.98 Å². The van der Waals surface area contributed by atoms with Crippen molar-refractivity contribution in [3.8, 4) is 55.1 Å². The zero-order chi connectivity index (χ0) is 41.7. The van der Waals surface area contributed by atoms with E-state index in [1.54, 1.807) is 11.3 Å². The van der Waals surface area contributed by atoms with Crippen LogP contribution in [-0.4, -0.2) is 4.98 Å². The van der Waals surface area contributed by atoms with Crippen molar-refractivity contribution < 1.29 is 4.42 Å². The van der Waals surface area contributed by atoms with Crippen molar-refractivity contribution in [1.29, 1.82) is 0 Å². The van der Waals surface area contributed by atoms with Gasteiger partial charge in [-0.1, -0.05) is 170 Å². The quantitative estimate of drug-likeness (QED) is 0.153. The third-order valence-corrected chi connectivity index (χ3v) is 13.2. The molecule has 0 N–H and O–H groups in total. The standard InChI is InChI=1S/C59H38N2OS/c1-4-13-39(14-5-1)40-23-28-46(29-24-40)61(48-32-33-51(52(36-48)43-15-6-2-7-16-43)50-22-12-20-42-17-10-11-21-49(42)50)47-30-25-41(26-31-47)45-27-34-56-53(35-45)54-37-55-58(38-57(54)62-56)63-59(60-55)44-18-8-3-9-19-44/h1-38H. The number of nitrogens with zero attached hydrogens (tertiary/aromatic N) is 2. The molecule has 0 unspecified atom stereocenters. The summed E-state index contributed by atoms with van der Waals surface area (Å²) in [6.07, 6.45) is 0. The van der Waals surface area contributed by atoms with E-state index in [0.717, 1.165) is 70.9 Å². The van der Waals surface area contributed by atoms with Crippen LogP contribution in [0.1, 0.15) is 0 Å². The predicted octanol–water partition coefficient (Wildman–Crippen LogP) is 17.2. The Bertz CT molecular complexity index is 3590. The van der Waals surface area contributed by atoms with Crippen molar-refractivity contribution in [3.63, 3.8) is 0 Å². The first-order chi connectivity index (χ1) is 31.2. The van der Waals surface area contributed by atoms with E-state index in [1.165, 1.54) is 44.2 Å². The van der Waals surface area contributed by atoms with Crippen LogP contribution in [0.2, 0.25) is 0 Å². The minimum absolute atomic E-state index is 0.873. The van der Waals surface area contributed by atoms with Gasteiger partial charge >= 0.3 is 0 Å². The average molecular weight is 823 g/mol. The zero-order valence-electron chi connectivity index (χ0n) is 34.2. The smallest absolute Gasteiger partial charge is 0.136 e. The summed E-state index contributed by atoms with van der Waals surface area (Å²) in [6.45, 7) is 0. The van der Waals surface area contributed by atoms with Crippen LogP contribution in [0.4, 0.5) is 17.1 Å². The highest BCUT2D eigenvalue weighted by molar-refractivity contribution is 7.21. The van der Waals surface area contributed by atoms with Crippen LogP contribution >= 0.6 is 11.3 Å². The molecule has 0 aliphatic heterocycles. The SMILES string of the molecule is c1ccc(-c2ccc(N(c3ccc(-c4ccc5oc6cc7sc(-c8ccccc8)nc7cc6c5c4)cc3)c3ccc(-c4cccc5ccccc45)c(-c4ccccc4)c3)cc2)cc1. The zero-order valence-corrected chi connectivity index (χ0v) is 35.0. The Hall–Kier alpha value is -8.05. The first kappa shape index (κ1) is 36.8. The summed E-state index contributed by atoms with van der Waals surface area (Å²) in [5.74, 6) is 0. The van der Waals surface area contributed by atoms with Crippen molar-refractivity contribution in [2.45, 2.75) is 0 Å². The molecule has 296 valence electrons. The van der Waals surface area contributed by atoms with E-state index >= 15 is 0 Å². The lowest BCUT2D eigenvalue weighted by molar-refractivity contribution is 0.669. The second-order valence-corrected chi connectivity index (χ2v) is 17.0. The minimum atomic E-state index is 0.873. The third kappa shape index (κ3) is 6.74. The molecule has 0 saturated carbocycles. The maximum Gasteiger partial charge on any atom is 0.136 e. The molecule has 0 aliphatic rings. The fourth-order valence-corrected chi connectivity index (χ4v) is 9.97. The fraction of sp³-hybridized carbons (Fsp3) is 0. The van der Waals surface area contributed by atoms with Gasteiger partial charge in [-0.05, 0) is 110 Å². The van der Waals surface area contributed by atoms with Crippen LogP contribution in [0.15, 0.2) is 235 Å². The van der Waals surface area contributed by atoms with Gasteiger partial charge in [0.15, 0.2) is 0 Å². The first-order valence-electron chi connectivity index (χ1n) is 21.3. The van der Waals surface area contributed by atoms with Gasteiger partial charge in [-0.25, -0.2) is 4.98 Å². The van der Waals surface area contributed by atoms with E-state index in [1.807, 2.05) is 6.07 Å². The van der Waals surface area contributed by atoms with E-state index < -0.39 is 0 Å². The lowest BCUT2D eigenvalue weighted by atomic mass is 9.90. The topological polar surface area (TPSA) is 29.3 Å². The van der Waals surface area contributed by atoms with Crippen LogP contribution in [-0.2, 0) is 0 Å². The molecule has 12 aromatic rings. The lowest BCUT2D eigenvalue weighted by Gasteiger charge is -2.27. The molecule has 0 fully saturated rings. The molecule has 3 nitrogen and oxygen atoms in total. The molecular formula is C59H38N2OS. The number of fused-ring (bicyclic) bond motifs is 5. The first-order valence-corrected chi connectivity index (χ1v) is 22.1. The molecule has 0 spiro atoms.